The van der Waals surface area contributed by atoms with Crippen molar-refractivity contribution in [3.63, 3.8) is 0 Å². The summed E-state index contributed by atoms with van der Waals surface area (Å²) in [5.74, 6) is -1.50. The molecule has 1 N–H and O–H groups in total. The molecule has 1 heterocycles. The van der Waals surface area contributed by atoms with Crippen LogP contribution in [-0.4, -0.2) is 28.7 Å². The third-order valence-electron chi connectivity index (χ3n) is 4.13. The van der Waals surface area contributed by atoms with Crippen LogP contribution in [0.4, 0.5) is 11.4 Å². The van der Waals surface area contributed by atoms with Gasteiger partial charge in [-0.05, 0) is 38.1 Å². The van der Waals surface area contributed by atoms with E-state index in [1.54, 1.807) is 30.3 Å². The van der Waals surface area contributed by atoms with Crippen LogP contribution in [0.5, 0.6) is 0 Å². The fourth-order valence-corrected chi connectivity index (χ4v) is 3.58. The molecule has 9 heteroatoms. The van der Waals surface area contributed by atoms with Crippen LogP contribution in [0.25, 0.3) is 10.1 Å². The zero-order chi connectivity index (χ0) is 21.1. The van der Waals surface area contributed by atoms with Gasteiger partial charge in [0.1, 0.15) is 4.88 Å². The van der Waals surface area contributed by atoms with E-state index >= 15 is 0 Å². The quantitative estimate of drug-likeness (QED) is 0.281. The number of anilines is 1. The van der Waals surface area contributed by atoms with Crippen molar-refractivity contribution in [2.75, 3.05) is 5.32 Å². The molecular formula is C20H16N2O6S. The molecule has 3 aromatic rings. The van der Waals surface area contributed by atoms with Gasteiger partial charge < -0.3 is 10.1 Å². The molecule has 1 aromatic heterocycles. The number of nitrogens with one attached hydrogen (secondary N) is 1. The minimum Gasteiger partial charge on any atom is -0.448 e. The third-order valence-corrected chi connectivity index (χ3v) is 5.23. The largest absolute Gasteiger partial charge is 0.448 e. The van der Waals surface area contributed by atoms with E-state index in [0.717, 1.165) is 11.3 Å². The minimum absolute atomic E-state index is 0.0768. The highest BCUT2D eigenvalue weighted by Crippen LogP contribution is 2.29. The number of hydrogen-bond acceptors (Lipinski definition) is 7. The topological polar surface area (TPSA) is 116 Å². The van der Waals surface area contributed by atoms with Crippen molar-refractivity contribution in [1.29, 1.82) is 0 Å². The van der Waals surface area contributed by atoms with Crippen molar-refractivity contribution in [2.45, 2.75) is 20.0 Å². The second-order valence-electron chi connectivity index (χ2n) is 6.23. The molecule has 0 spiro atoms. The summed E-state index contributed by atoms with van der Waals surface area (Å²) in [6.45, 7) is 2.81. The molecule has 0 radical (unpaired) electrons. The number of thiophene rings is 1. The summed E-state index contributed by atoms with van der Waals surface area (Å²) in [6, 6.07) is 12.3. The molecule has 1 amide bonds. The van der Waals surface area contributed by atoms with E-state index in [0.29, 0.717) is 21.3 Å². The number of nitro benzene ring substituents is 1. The monoisotopic (exact) mass is 412 g/mol. The SMILES string of the molecule is CC(=O)c1ccccc1NC(=O)[C@@H](C)OC(=O)c1cc2cc([N+](=O)[O-])ccc2s1. The Balaban J connectivity index is 1.72. The van der Waals surface area contributed by atoms with E-state index in [9.17, 15) is 24.5 Å². The number of ketones is 1. The lowest BCUT2D eigenvalue weighted by molar-refractivity contribution is -0.384. The molecule has 0 saturated carbocycles. The molecular weight excluding hydrogens is 396 g/mol. The summed E-state index contributed by atoms with van der Waals surface area (Å²) in [4.78, 5) is 47.0. The second kappa shape index (κ2) is 8.19. The fourth-order valence-electron chi connectivity index (χ4n) is 2.65. The fraction of sp³-hybridized carbons (Fsp3) is 0.150. The van der Waals surface area contributed by atoms with Crippen LogP contribution in [0.15, 0.2) is 48.5 Å². The number of fused-ring (bicyclic) bond motifs is 1. The number of non-ortho nitro benzene ring substituents is 1. The molecule has 0 bridgehead atoms. The third kappa shape index (κ3) is 4.46. The molecule has 8 nitrogen and oxygen atoms in total. The van der Waals surface area contributed by atoms with Gasteiger partial charge in [-0.25, -0.2) is 4.79 Å². The lowest BCUT2D eigenvalue weighted by Gasteiger charge is -2.14. The number of carbonyl (C=O) groups excluding carboxylic acids is 3. The molecule has 0 aliphatic rings. The Kier molecular flexibility index (Phi) is 5.69. The number of amides is 1. The van der Waals surface area contributed by atoms with E-state index < -0.39 is 22.9 Å². The number of esters is 1. The Morgan fingerprint density at radius 2 is 1.86 bits per heavy atom. The molecule has 1 atom stereocenters. The van der Waals surface area contributed by atoms with Gasteiger partial charge in [0.05, 0.1) is 10.6 Å². The maximum Gasteiger partial charge on any atom is 0.349 e. The van der Waals surface area contributed by atoms with E-state index in [2.05, 4.69) is 5.32 Å². The van der Waals surface area contributed by atoms with Crippen LogP contribution in [-0.2, 0) is 9.53 Å². The summed E-state index contributed by atoms with van der Waals surface area (Å²) < 4.78 is 5.91. The summed E-state index contributed by atoms with van der Waals surface area (Å²) in [5, 5.41) is 14.0. The normalized spacial score (nSPS) is 11.7. The molecule has 148 valence electrons. The Labute approximate surface area is 169 Å². The van der Waals surface area contributed by atoms with Crippen LogP contribution in [0.1, 0.15) is 33.9 Å². The standard InChI is InChI=1S/C20H16N2O6S/c1-11(23)15-5-3-4-6-16(15)21-19(24)12(2)28-20(25)18-10-13-9-14(22(26)27)7-8-17(13)29-18/h3-10,12H,1-2H3,(H,21,24)/t12-/m1/s1. The van der Waals surface area contributed by atoms with Crippen molar-refractivity contribution in [1.82, 2.24) is 0 Å². The van der Waals surface area contributed by atoms with Crippen molar-refractivity contribution < 1.29 is 24.0 Å². The van der Waals surface area contributed by atoms with Crippen LogP contribution in [0.3, 0.4) is 0 Å². The molecule has 0 aliphatic heterocycles. The number of ether oxygens (including phenoxy) is 1. The Morgan fingerprint density at radius 3 is 2.55 bits per heavy atom. The second-order valence-corrected chi connectivity index (χ2v) is 7.31. The van der Waals surface area contributed by atoms with Gasteiger partial charge >= 0.3 is 5.97 Å². The van der Waals surface area contributed by atoms with Crippen molar-refractivity contribution >= 4 is 50.5 Å². The van der Waals surface area contributed by atoms with Crippen molar-refractivity contribution in [2.24, 2.45) is 0 Å². The van der Waals surface area contributed by atoms with Crippen molar-refractivity contribution in [3.05, 3.63) is 69.1 Å². The molecule has 0 saturated heterocycles. The van der Waals surface area contributed by atoms with Gasteiger partial charge in [-0.15, -0.1) is 11.3 Å². The first-order valence-electron chi connectivity index (χ1n) is 8.56. The first-order chi connectivity index (χ1) is 13.8. The van der Waals surface area contributed by atoms with Crippen LogP contribution in [0, 0.1) is 10.1 Å². The number of benzene rings is 2. The van der Waals surface area contributed by atoms with Crippen LogP contribution >= 0.6 is 11.3 Å². The average Bonchev–Trinajstić information content (AvgIpc) is 3.11. The first-order valence-corrected chi connectivity index (χ1v) is 9.37. The van der Waals surface area contributed by atoms with E-state index in [1.165, 1.54) is 32.0 Å². The van der Waals surface area contributed by atoms with Gasteiger partial charge in [-0.3, -0.25) is 19.7 Å². The van der Waals surface area contributed by atoms with Gasteiger partial charge in [0.25, 0.3) is 11.6 Å². The predicted molar refractivity (Wildman–Crippen MR) is 108 cm³/mol. The zero-order valence-electron chi connectivity index (χ0n) is 15.5. The lowest BCUT2D eigenvalue weighted by atomic mass is 10.1. The molecule has 0 unspecified atom stereocenters. The number of hydrogen-bond donors (Lipinski definition) is 1. The molecule has 0 aliphatic carbocycles. The minimum atomic E-state index is -1.11. The molecule has 2 aromatic carbocycles. The van der Waals surface area contributed by atoms with Crippen molar-refractivity contribution in [3.8, 4) is 0 Å². The number of rotatable bonds is 6. The highest BCUT2D eigenvalue weighted by atomic mass is 32.1. The Hall–Kier alpha value is -3.59. The van der Waals surface area contributed by atoms with Gasteiger partial charge in [-0.2, -0.15) is 0 Å². The highest BCUT2D eigenvalue weighted by Gasteiger charge is 2.22. The summed E-state index contributed by atoms with van der Waals surface area (Å²) in [6.07, 6.45) is -1.11. The maximum atomic E-state index is 12.4. The van der Waals surface area contributed by atoms with Gasteiger partial charge in [0, 0.05) is 27.8 Å². The molecule has 0 fully saturated rings. The molecule has 3 rings (SSSR count). The van der Waals surface area contributed by atoms with Crippen LogP contribution < -0.4 is 5.32 Å². The smallest absolute Gasteiger partial charge is 0.349 e. The average molecular weight is 412 g/mol. The number of nitrogens with zero attached hydrogens (tertiary/aromatic N) is 1. The van der Waals surface area contributed by atoms with E-state index in [1.807, 2.05) is 0 Å². The number of para-hydroxylation sites is 1. The number of Topliss-reactive ketones (excluding diaryl/α,β-unsaturated/α-hetero) is 1. The lowest BCUT2D eigenvalue weighted by Crippen LogP contribution is -2.30. The van der Waals surface area contributed by atoms with E-state index in [-0.39, 0.29) is 16.3 Å². The van der Waals surface area contributed by atoms with Crippen LogP contribution in [0.2, 0.25) is 0 Å². The highest BCUT2D eigenvalue weighted by molar-refractivity contribution is 7.20. The Bertz CT molecular complexity index is 1140. The zero-order valence-corrected chi connectivity index (χ0v) is 16.3. The van der Waals surface area contributed by atoms with Gasteiger partial charge in [0.15, 0.2) is 11.9 Å². The summed E-state index contributed by atoms with van der Waals surface area (Å²) in [5.41, 5.74) is 0.611. The summed E-state index contributed by atoms with van der Waals surface area (Å²) >= 11 is 1.12. The number of carbonyl (C=O) groups is 3. The Morgan fingerprint density at radius 1 is 1.14 bits per heavy atom. The predicted octanol–water partition coefficient (Wildman–Crippen LogP) is 4.20. The number of nitro groups is 1. The van der Waals surface area contributed by atoms with E-state index in [4.69, 9.17) is 4.74 Å². The molecule has 29 heavy (non-hydrogen) atoms. The summed E-state index contributed by atoms with van der Waals surface area (Å²) in [7, 11) is 0. The van der Waals surface area contributed by atoms with Gasteiger partial charge in [-0.1, -0.05) is 12.1 Å². The van der Waals surface area contributed by atoms with Gasteiger partial charge in [0.2, 0.25) is 0 Å². The maximum absolute atomic E-state index is 12.4. The first kappa shape index (κ1) is 20.2.